The third-order valence-electron chi connectivity index (χ3n) is 8.32. The Bertz CT molecular complexity index is 1000. The van der Waals surface area contributed by atoms with Crippen molar-refractivity contribution in [3.05, 3.63) is 45.5 Å². The molecule has 34 heavy (non-hydrogen) atoms. The first-order valence-corrected chi connectivity index (χ1v) is 15.9. The number of carbonyl (C=O) groups is 1. The molecule has 3 rings (SSSR count). The largest absolute Gasteiger partial charge is 0.497 e. The molecule has 4 nitrogen and oxygen atoms in total. The number of halogens is 1. The van der Waals surface area contributed by atoms with E-state index in [9.17, 15) is 4.79 Å². The maximum atomic E-state index is 13.9. The van der Waals surface area contributed by atoms with E-state index in [1.54, 1.807) is 14.2 Å². The van der Waals surface area contributed by atoms with Crippen LogP contribution in [0.25, 0.3) is 0 Å². The molecule has 0 N–H and O–H groups in total. The van der Waals surface area contributed by atoms with Crippen LogP contribution in [0.5, 0.6) is 11.5 Å². The predicted octanol–water partition coefficient (Wildman–Crippen LogP) is 7.66. The van der Waals surface area contributed by atoms with Gasteiger partial charge in [0.1, 0.15) is 11.5 Å². The highest BCUT2D eigenvalue weighted by Gasteiger charge is 2.51. The van der Waals surface area contributed by atoms with E-state index >= 15 is 0 Å². The summed E-state index contributed by atoms with van der Waals surface area (Å²) < 4.78 is 18.8. The van der Waals surface area contributed by atoms with Crippen molar-refractivity contribution >= 4 is 30.0 Å². The van der Waals surface area contributed by atoms with E-state index in [0.29, 0.717) is 23.8 Å². The zero-order valence-electron chi connectivity index (χ0n) is 22.3. The highest BCUT2D eigenvalue weighted by molar-refractivity contribution is 9.10. The van der Waals surface area contributed by atoms with E-state index in [1.807, 2.05) is 12.1 Å². The van der Waals surface area contributed by atoms with E-state index in [1.165, 1.54) is 5.57 Å². The standard InChI is InChI=1S/C28H41BrO4Si/c1-18-14-25(33-34(8,9)27(2,3)4)21-12-10-11-13-28(21,5)26(18)23(30)17-20-22(29)15-19(31-6)16-24(20)32-7/h10-11,15-16,21,25H,12-14,17H2,1-9H3/t21-,25-,28-/m0/s1. The number of rotatable bonds is 7. The Morgan fingerprint density at radius 3 is 2.44 bits per heavy atom. The topological polar surface area (TPSA) is 44.8 Å². The molecule has 0 aliphatic heterocycles. The summed E-state index contributed by atoms with van der Waals surface area (Å²) in [5, 5.41) is 0.152. The molecular formula is C28H41BrO4Si. The molecule has 0 heterocycles. The second-order valence-electron chi connectivity index (χ2n) is 11.6. The van der Waals surface area contributed by atoms with Crippen molar-refractivity contribution < 1.29 is 18.7 Å². The fourth-order valence-corrected chi connectivity index (χ4v) is 7.33. The minimum Gasteiger partial charge on any atom is -0.497 e. The van der Waals surface area contributed by atoms with Crippen LogP contribution < -0.4 is 9.47 Å². The van der Waals surface area contributed by atoms with Gasteiger partial charge in [-0.2, -0.15) is 0 Å². The molecule has 1 aromatic rings. The number of ketones is 1. The number of benzene rings is 1. The summed E-state index contributed by atoms with van der Waals surface area (Å²) in [6.45, 7) is 15.9. The molecule has 0 amide bonds. The fraction of sp³-hybridized carbons (Fsp3) is 0.607. The van der Waals surface area contributed by atoms with Crippen molar-refractivity contribution in [3.63, 3.8) is 0 Å². The van der Waals surface area contributed by atoms with Crippen LogP contribution in [-0.2, 0) is 15.6 Å². The lowest BCUT2D eigenvalue weighted by atomic mass is 9.57. The maximum absolute atomic E-state index is 13.9. The Kier molecular flexibility index (Phi) is 7.96. The van der Waals surface area contributed by atoms with Crippen LogP contribution in [0.15, 0.2) is 39.9 Å². The maximum Gasteiger partial charge on any atom is 0.192 e. The second kappa shape index (κ2) is 9.94. The lowest BCUT2D eigenvalue weighted by Crippen LogP contribution is -2.52. The smallest absolute Gasteiger partial charge is 0.192 e. The van der Waals surface area contributed by atoms with Crippen LogP contribution >= 0.6 is 15.9 Å². The Morgan fingerprint density at radius 1 is 1.18 bits per heavy atom. The van der Waals surface area contributed by atoms with Crippen molar-refractivity contribution in [1.82, 2.24) is 0 Å². The molecule has 2 aliphatic rings. The molecule has 0 radical (unpaired) electrons. The van der Waals surface area contributed by atoms with Gasteiger partial charge in [0.2, 0.25) is 0 Å². The molecule has 188 valence electrons. The summed E-state index contributed by atoms with van der Waals surface area (Å²) >= 11 is 3.64. The van der Waals surface area contributed by atoms with Crippen molar-refractivity contribution in [2.45, 2.75) is 84.5 Å². The lowest BCUT2D eigenvalue weighted by molar-refractivity contribution is -0.117. The Morgan fingerprint density at radius 2 is 1.85 bits per heavy atom. The molecule has 0 saturated heterocycles. The highest BCUT2D eigenvalue weighted by Crippen LogP contribution is 2.54. The average molecular weight is 550 g/mol. The summed E-state index contributed by atoms with van der Waals surface area (Å²) in [5.41, 5.74) is 2.79. The normalized spacial score (nSPS) is 25.2. The van der Waals surface area contributed by atoms with E-state index in [2.05, 4.69) is 75.8 Å². The van der Waals surface area contributed by atoms with Gasteiger partial charge >= 0.3 is 0 Å². The molecule has 0 bridgehead atoms. The quantitative estimate of drug-likeness (QED) is 0.259. The summed E-state index contributed by atoms with van der Waals surface area (Å²) in [5.74, 6) is 1.84. The van der Waals surface area contributed by atoms with Gasteiger partial charge in [-0.15, -0.1) is 0 Å². The van der Waals surface area contributed by atoms with Crippen LogP contribution in [0.4, 0.5) is 0 Å². The summed E-state index contributed by atoms with van der Waals surface area (Å²) in [6, 6.07) is 3.73. The van der Waals surface area contributed by atoms with Crippen LogP contribution in [0.3, 0.4) is 0 Å². The minimum absolute atomic E-state index is 0.148. The first kappa shape index (κ1) is 27.2. The zero-order chi connectivity index (χ0) is 25.5. The second-order valence-corrected chi connectivity index (χ2v) is 17.2. The Balaban J connectivity index is 1.99. The van der Waals surface area contributed by atoms with Crippen LogP contribution in [-0.4, -0.2) is 34.4 Å². The fourth-order valence-electron chi connectivity index (χ4n) is 5.41. The van der Waals surface area contributed by atoms with Crippen molar-refractivity contribution in [2.24, 2.45) is 11.3 Å². The molecule has 0 aromatic heterocycles. The monoisotopic (exact) mass is 548 g/mol. The number of carbonyl (C=O) groups excluding carboxylic acids is 1. The number of hydrogen-bond donors (Lipinski definition) is 0. The molecule has 2 aliphatic carbocycles. The molecule has 0 fully saturated rings. The molecule has 0 spiro atoms. The van der Waals surface area contributed by atoms with Gasteiger partial charge in [0, 0.05) is 33.5 Å². The Hall–Kier alpha value is -1.37. The van der Waals surface area contributed by atoms with Crippen molar-refractivity contribution in [3.8, 4) is 11.5 Å². The molecule has 0 unspecified atom stereocenters. The average Bonchev–Trinajstić information content (AvgIpc) is 2.73. The number of ether oxygens (including phenoxy) is 2. The first-order valence-electron chi connectivity index (χ1n) is 12.2. The van der Waals surface area contributed by atoms with Crippen molar-refractivity contribution in [2.75, 3.05) is 14.2 Å². The molecule has 1 aromatic carbocycles. The number of Topliss-reactive ketones (excluding diaryl/α,β-unsaturated/α-hetero) is 1. The van der Waals surface area contributed by atoms with Crippen LogP contribution in [0.2, 0.25) is 18.1 Å². The first-order chi connectivity index (χ1) is 15.7. The van der Waals surface area contributed by atoms with Gasteiger partial charge in [0.15, 0.2) is 14.1 Å². The van der Waals surface area contributed by atoms with E-state index < -0.39 is 8.32 Å². The van der Waals surface area contributed by atoms with Gasteiger partial charge in [-0.05, 0) is 56.3 Å². The highest BCUT2D eigenvalue weighted by atomic mass is 79.9. The van der Waals surface area contributed by atoms with Gasteiger partial charge in [0.25, 0.3) is 0 Å². The summed E-state index contributed by atoms with van der Waals surface area (Å²) in [6.07, 6.45) is 7.61. The summed E-state index contributed by atoms with van der Waals surface area (Å²) in [4.78, 5) is 13.9. The number of fused-ring (bicyclic) bond motifs is 1. The van der Waals surface area contributed by atoms with Crippen LogP contribution in [0, 0.1) is 11.3 Å². The Labute approximate surface area is 215 Å². The van der Waals surface area contributed by atoms with Gasteiger partial charge in [-0.3, -0.25) is 4.79 Å². The molecule has 3 atom stereocenters. The van der Waals surface area contributed by atoms with Gasteiger partial charge in [-0.1, -0.05) is 61.4 Å². The summed E-state index contributed by atoms with van der Waals surface area (Å²) in [7, 11) is 1.32. The van der Waals surface area contributed by atoms with Crippen molar-refractivity contribution in [1.29, 1.82) is 0 Å². The number of allylic oxidation sites excluding steroid dienone is 3. The van der Waals surface area contributed by atoms with Gasteiger partial charge in [-0.25, -0.2) is 0 Å². The lowest BCUT2D eigenvalue weighted by Gasteiger charge is -2.51. The van der Waals surface area contributed by atoms with E-state index in [0.717, 1.165) is 34.9 Å². The van der Waals surface area contributed by atoms with Gasteiger partial charge in [0.05, 0.1) is 20.3 Å². The number of hydrogen-bond acceptors (Lipinski definition) is 4. The van der Waals surface area contributed by atoms with E-state index in [4.69, 9.17) is 13.9 Å². The zero-order valence-corrected chi connectivity index (χ0v) is 24.9. The third kappa shape index (κ3) is 5.10. The molecule has 6 heteroatoms. The van der Waals surface area contributed by atoms with Gasteiger partial charge < -0.3 is 13.9 Å². The predicted molar refractivity (Wildman–Crippen MR) is 145 cm³/mol. The molecular weight excluding hydrogens is 508 g/mol. The minimum atomic E-state index is -1.94. The van der Waals surface area contributed by atoms with E-state index in [-0.39, 0.29) is 22.3 Å². The third-order valence-corrected chi connectivity index (χ3v) is 13.5. The molecule has 0 saturated carbocycles. The van der Waals surface area contributed by atoms with Crippen LogP contribution in [0.1, 0.15) is 59.4 Å². The SMILES string of the molecule is COc1cc(Br)c(CC(=O)C2=C(C)C[C@H](O[Si](C)(C)C(C)(C)C)[C@@H]3CC=CC[C@]23C)c(OC)c1. The number of methoxy groups -OCH3 is 2.